The van der Waals surface area contributed by atoms with Crippen LogP contribution in [0, 0.1) is 6.92 Å². The fourth-order valence-electron chi connectivity index (χ4n) is 5.10. The Morgan fingerprint density at radius 3 is 2.22 bits per heavy atom. The van der Waals surface area contributed by atoms with Crippen LogP contribution in [0.2, 0.25) is 0 Å². The molecule has 7 heteroatoms. The summed E-state index contributed by atoms with van der Waals surface area (Å²) in [5, 5.41) is 13.7. The van der Waals surface area contributed by atoms with E-state index in [4.69, 9.17) is 9.26 Å². The molecule has 1 unspecified atom stereocenters. The molecule has 1 amide bonds. The minimum Gasteiger partial charge on any atom is -0.481 e. The summed E-state index contributed by atoms with van der Waals surface area (Å²) in [5.41, 5.74) is 5.53. The molecule has 6 rings (SSSR count). The van der Waals surface area contributed by atoms with E-state index >= 15 is 0 Å². The molecule has 3 aromatic carbocycles. The van der Waals surface area contributed by atoms with Crippen LogP contribution in [0.4, 0.5) is 4.79 Å². The average Bonchev–Trinajstić information content (AvgIpc) is 3.54. The lowest BCUT2D eigenvalue weighted by Crippen LogP contribution is -2.23. The summed E-state index contributed by atoms with van der Waals surface area (Å²) < 4.78 is 11.4. The quantitative estimate of drug-likeness (QED) is 0.332. The third kappa shape index (κ3) is 4.16. The molecular formula is C30H26N2O5. The van der Waals surface area contributed by atoms with Gasteiger partial charge in [0.25, 0.3) is 0 Å². The van der Waals surface area contributed by atoms with Gasteiger partial charge < -0.3 is 14.4 Å². The molecule has 0 bridgehead atoms. The van der Waals surface area contributed by atoms with Gasteiger partial charge in [-0.3, -0.25) is 9.69 Å². The van der Waals surface area contributed by atoms with Crippen LogP contribution in [0.1, 0.15) is 41.3 Å². The van der Waals surface area contributed by atoms with E-state index in [2.05, 4.69) is 5.16 Å². The van der Waals surface area contributed by atoms with Gasteiger partial charge in [0.2, 0.25) is 0 Å². The second kappa shape index (κ2) is 8.92. The van der Waals surface area contributed by atoms with Gasteiger partial charge in [-0.1, -0.05) is 84.0 Å². The van der Waals surface area contributed by atoms with Crippen molar-refractivity contribution in [2.45, 2.75) is 37.8 Å². The van der Waals surface area contributed by atoms with E-state index in [9.17, 15) is 14.7 Å². The van der Waals surface area contributed by atoms with Crippen molar-refractivity contribution in [2.24, 2.45) is 0 Å². The number of ether oxygens (including phenoxy) is 1. The van der Waals surface area contributed by atoms with E-state index in [1.165, 1.54) is 0 Å². The lowest BCUT2D eigenvalue weighted by molar-refractivity contribution is -0.140. The molecule has 4 aromatic rings. The van der Waals surface area contributed by atoms with Gasteiger partial charge in [0.15, 0.2) is 11.9 Å². The molecular weight excluding hydrogens is 468 g/mol. The molecule has 1 aromatic heterocycles. The lowest BCUT2D eigenvalue weighted by atomic mass is 9.93. The highest BCUT2D eigenvalue weighted by Crippen LogP contribution is 2.48. The maximum Gasteiger partial charge on any atom is 0.410 e. The molecule has 1 saturated carbocycles. The topological polar surface area (TPSA) is 92.9 Å². The summed E-state index contributed by atoms with van der Waals surface area (Å²) >= 11 is 0. The minimum absolute atomic E-state index is 0.352. The predicted octanol–water partition coefficient (Wildman–Crippen LogP) is 6.13. The molecule has 1 aliphatic heterocycles. The van der Waals surface area contributed by atoms with Gasteiger partial charge in [0.1, 0.15) is 0 Å². The van der Waals surface area contributed by atoms with Crippen molar-refractivity contribution in [1.29, 1.82) is 0 Å². The van der Waals surface area contributed by atoms with Gasteiger partial charge in [-0.05, 0) is 42.0 Å². The lowest BCUT2D eigenvalue weighted by Gasteiger charge is -2.13. The Hall–Kier alpha value is -4.39. The number of hydrogen-bond donors (Lipinski definition) is 1. The average molecular weight is 495 g/mol. The maximum atomic E-state index is 12.6. The third-order valence-corrected chi connectivity index (χ3v) is 7.41. The second-order valence-electron chi connectivity index (χ2n) is 9.79. The zero-order valence-electron chi connectivity index (χ0n) is 20.4. The number of carboxylic acid groups (broad SMARTS) is 1. The number of aliphatic carboxylic acids is 1. The van der Waals surface area contributed by atoms with Crippen LogP contribution in [0.15, 0.2) is 83.4 Å². The van der Waals surface area contributed by atoms with Gasteiger partial charge in [0, 0.05) is 12.1 Å². The molecule has 7 nitrogen and oxygen atoms in total. The van der Waals surface area contributed by atoms with E-state index in [0.717, 1.165) is 33.4 Å². The summed E-state index contributed by atoms with van der Waals surface area (Å²) in [6, 6.07) is 25.5. The fraction of sp³-hybridized carbons (Fsp3) is 0.233. The van der Waals surface area contributed by atoms with Gasteiger partial charge in [-0.15, -0.1) is 0 Å². The SMILES string of the molecule is Cc1noc(-c2ccc(-c3ccc(C4(C(=O)O)CC4)cc3)cc2)c1C1CN(Cc2ccccc2)C(=O)O1. The predicted molar refractivity (Wildman–Crippen MR) is 137 cm³/mol. The molecule has 1 N–H and O–H groups in total. The van der Waals surface area contributed by atoms with Crippen molar-refractivity contribution in [2.75, 3.05) is 6.54 Å². The highest BCUT2D eigenvalue weighted by molar-refractivity contribution is 5.85. The minimum atomic E-state index is -0.751. The number of aryl methyl sites for hydroxylation is 1. The summed E-state index contributed by atoms with van der Waals surface area (Å²) in [5.74, 6) is -0.158. The number of aromatic nitrogens is 1. The van der Waals surface area contributed by atoms with Crippen molar-refractivity contribution >= 4 is 12.1 Å². The Kier molecular flexibility index (Phi) is 5.56. The molecule has 1 saturated heterocycles. The maximum absolute atomic E-state index is 12.6. The van der Waals surface area contributed by atoms with Crippen molar-refractivity contribution < 1.29 is 24.0 Å². The van der Waals surface area contributed by atoms with Gasteiger partial charge in [-0.25, -0.2) is 4.79 Å². The normalized spacial score (nSPS) is 18.0. The summed E-state index contributed by atoms with van der Waals surface area (Å²) in [6.07, 6.45) is 0.564. The van der Waals surface area contributed by atoms with Crippen LogP contribution in [0.3, 0.4) is 0 Å². The number of hydrogen-bond acceptors (Lipinski definition) is 5. The fourth-order valence-corrected chi connectivity index (χ4v) is 5.10. The Morgan fingerprint density at radius 2 is 1.59 bits per heavy atom. The highest BCUT2D eigenvalue weighted by Gasteiger charge is 2.51. The first kappa shape index (κ1) is 23.0. The summed E-state index contributed by atoms with van der Waals surface area (Å²) in [4.78, 5) is 25.9. The zero-order valence-corrected chi connectivity index (χ0v) is 20.4. The molecule has 2 fully saturated rings. The number of benzene rings is 3. The van der Waals surface area contributed by atoms with E-state index in [-0.39, 0.29) is 6.09 Å². The Balaban J connectivity index is 1.21. The molecule has 1 atom stereocenters. The van der Waals surface area contributed by atoms with Gasteiger partial charge in [0.05, 0.1) is 23.2 Å². The van der Waals surface area contributed by atoms with E-state index in [0.29, 0.717) is 37.4 Å². The smallest absolute Gasteiger partial charge is 0.410 e. The molecule has 37 heavy (non-hydrogen) atoms. The van der Waals surface area contributed by atoms with Crippen LogP contribution in [-0.2, 0) is 21.5 Å². The zero-order chi connectivity index (χ0) is 25.6. The van der Waals surface area contributed by atoms with Gasteiger partial charge >= 0.3 is 12.1 Å². The van der Waals surface area contributed by atoms with E-state index in [1.807, 2.05) is 85.8 Å². The first-order valence-corrected chi connectivity index (χ1v) is 12.3. The van der Waals surface area contributed by atoms with Crippen LogP contribution in [0.5, 0.6) is 0 Å². The van der Waals surface area contributed by atoms with E-state index in [1.54, 1.807) is 4.90 Å². The Bertz CT molecular complexity index is 1450. The molecule has 186 valence electrons. The number of nitrogens with zero attached hydrogens (tertiary/aromatic N) is 2. The second-order valence-corrected chi connectivity index (χ2v) is 9.79. The number of cyclic esters (lactones) is 1. The summed E-state index contributed by atoms with van der Waals surface area (Å²) in [6.45, 7) is 2.76. The van der Waals surface area contributed by atoms with Crippen LogP contribution >= 0.6 is 0 Å². The van der Waals surface area contributed by atoms with Gasteiger partial charge in [-0.2, -0.15) is 0 Å². The molecule has 0 spiro atoms. The van der Waals surface area contributed by atoms with Crippen molar-refractivity contribution in [3.05, 3.63) is 101 Å². The summed E-state index contributed by atoms with van der Waals surface area (Å²) in [7, 11) is 0. The van der Waals surface area contributed by atoms with Crippen LogP contribution in [-0.4, -0.2) is 33.8 Å². The van der Waals surface area contributed by atoms with E-state index < -0.39 is 17.5 Å². The largest absolute Gasteiger partial charge is 0.481 e. The molecule has 1 aliphatic carbocycles. The molecule has 0 radical (unpaired) electrons. The monoisotopic (exact) mass is 494 g/mol. The Labute approximate surface area is 214 Å². The van der Waals surface area contributed by atoms with Crippen molar-refractivity contribution in [3.8, 4) is 22.5 Å². The number of carbonyl (C=O) groups excluding carboxylic acids is 1. The van der Waals surface area contributed by atoms with Crippen molar-refractivity contribution in [1.82, 2.24) is 10.1 Å². The first-order valence-electron chi connectivity index (χ1n) is 12.3. The number of rotatable bonds is 7. The standard InChI is InChI=1S/C30H26N2O5/c1-19-26(25-18-32(29(35)36-25)17-20-5-3-2-4-6-20)27(37-31-19)23-9-7-21(8-10-23)22-11-13-24(14-12-22)30(15-16-30)28(33)34/h2-14,25H,15-18H2,1H3,(H,33,34). The third-order valence-electron chi connectivity index (χ3n) is 7.41. The van der Waals surface area contributed by atoms with Crippen LogP contribution < -0.4 is 0 Å². The molecule has 2 heterocycles. The first-order chi connectivity index (χ1) is 17.9. The number of amides is 1. The number of carbonyl (C=O) groups is 2. The van der Waals surface area contributed by atoms with Crippen LogP contribution in [0.25, 0.3) is 22.5 Å². The van der Waals surface area contributed by atoms with Crippen molar-refractivity contribution in [3.63, 3.8) is 0 Å². The Morgan fingerprint density at radius 1 is 0.973 bits per heavy atom. The number of carboxylic acids is 1. The highest BCUT2D eigenvalue weighted by atomic mass is 16.6. The molecule has 2 aliphatic rings.